The highest BCUT2D eigenvalue weighted by atomic mass is 35.5. The number of aliphatic imine (C=N–C) groups is 1. The quantitative estimate of drug-likeness (QED) is 0.154. The molecule has 0 saturated carbocycles. The Morgan fingerprint density at radius 2 is 1.67 bits per heavy atom. The van der Waals surface area contributed by atoms with E-state index in [-0.39, 0.29) is 0 Å². The number of carbonyl (C=O) groups excluding carboxylic acids is 1. The molecule has 4 rings (SSSR count). The van der Waals surface area contributed by atoms with E-state index in [1.807, 2.05) is 37.4 Å². The number of rotatable bonds is 6. The molecule has 1 aromatic heterocycles. The molecular weight excluding hydrogens is 503 g/mol. The van der Waals surface area contributed by atoms with Crippen LogP contribution in [-0.2, 0) is 0 Å². The van der Waals surface area contributed by atoms with Gasteiger partial charge in [-0.15, -0.1) is 0 Å². The number of amides is 1. The third kappa shape index (κ3) is 4.96. The highest BCUT2D eigenvalue weighted by Crippen LogP contribution is 2.45. The van der Waals surface area contributed by atoms with Crippen LogP contribution in [0.15, 0.2) is 64.9 Å². The number of hydrogen-bond donors (Lipinski definition) is 0. The van der Waals surface area contributed by atoms with Crippen LogP contribution in [0, 0.1) is 0 Å². The van der Waals surface area contributed by atoms with E-state index >= 15 is 0 Å². The van der Waals surface area contributed by atoms with E-state index in [1.165, 1.54) is 16.7 Å². The Kier molecular flexibility index (Phi) is 7.44. The standard InChI is InChI=1S/C23H19Cl3N4O2S/c1-3-32-21-17(12-27-23(29-21)33-2)20-28-18(13-4-8-15(24)9-5-13)19(30(20)22(26)31)14-6-10-16(25)11-7-14/h4-12,18-19H,3H2,1-2H3. The third-order valence-electron chi connectivity index (χ3n) is 5.12. The van der Waals surface area contributed by atoms with Gasteiger partial charge in [0, 0.05) is 16.2 Å². The van der Waals surface area contributed by atoms with Gasteiger partial charge in [-0.25, -0.2) is 4.98 Å². The van der Waals surface area contributed by atoms with Crippen molar-refractivity contribution in [3.8, 4) is 5.88 Å². The Morgan fingerprint density at radius 3 is 2.21 bits per heavy atom. The van der Waals surface area contributed by atoms with Crippen molar-refractivity contribution in [2.75, 3.05) is 12.9 Å². The molecule has 3 aromatic rings. The van der Waals surface area contributed by atoms with Crippen molar-refractivity contribution in [1.82, 2.24) is 14.9 Å². The summed E-state index contributed by atoms with van der Waals surface area (Å²) in [7, 11) is 0. The van der Waals surface area contributed by atoms with Gasteiger partial charge in [0.25, 0.3) is 0 Å². The zero-order chi connectivity index (χ0) is 23.5. The van der Waals surface area contributed by atoms with Gasteiger partial charge in [0.05, 0.1) is 18.2 Å². The van der Waals surface area contributed by atoms with Gasteiger partial charge >= 0.3 is 5.37 Å². The predicted octanol–water partition coefficient (Wildman–Crippen LogP) is 6.81. The number of aromatic nitrogens is 2. The number of halogens is 3. The second kappa shape index (κ2) is 10.3. The molecule has 0 radical (unpaired) electrons. The lowest BCUT2D eigenvalue weighted by Gasteiger charge is -2.28. The Bertz CT molecular complexity index is 1190. The lowest BCUT2D eigenvalue weighted by atomic mass is 9.94. The molecule has 2 atom stereocenters. The Balaban J connectivity index is 1.90. The molecule has 170 valence electrons. The van der Waals surface area contributed by atoms with Gasteiger partial charge in [-0.2, -0.15) is 4.98 Å². The van der Waals surface area contributed by atoms with Gasteiger partial charge in [0.15, 0.2) is 5.16 Å². The van der Waals surface area contributed by atoms with Crippen LogP contribution in [0.2, 0.25) is 10.0 Å². The molecule has 2 unspecified atom stereocenters. The first-order chi connectivity index (χ1) is 15.9. The fourth-order valence-electron chi connectivity index (χ4n) is 3.69. The highest BCUT2D eigenvalue weighted by molar-refractivity contribution is 7.98. The van der Waals surface area contributed by atoms with E-state index in [9.17, 15) is 4.79 Å². The third-order valence-corrected chi connectivity index (χ3v) is 6.36. The minimum Gasteiger partial charge on any atom is -0.477 e. The molecule has 0 fully saturated rings. The zero-order valence-electron chi connectivity index (χ0n) is 17.7. The summed E-state index contributed by atoms with van der Waals surface area (Å²) in [4.78, 5) is 28.0. The molecule has 2 heterocycles. The number of ether oxygens (including phenoxy) is 1. The number of nitrogens with zero attached hydrogens (tertiary/aromatic N) is 4. The minimum atomic E-state index is -0.679. The second-order valence-corrected chi connectivity index (χ2v) is 9.05. The van der Waals surface area contributed by atoms with Gasteiger partial charge in [-0.1, -0.05) is 59.2 Å². The summed E-state index contributed by atoms with van der Waals surface area (Å²) in [5.74, 6) is 0.677. The summed E-state index contributed by atoms with van der Waals surface area (Å²) >= 11 is 19.8. The van der Waals surface area contributed by atoms with Crippen LogP contribution < -0.4 is 4.74 Å². The van der Waals surface area contributed by atoms with Gasteiger partial charge < -0.3 is 4.74 Å². The van der Waals surface area contributed by atoms with Crippen LogP contribution in [0.1, 0.15) is 35.7 Å². The minimum absolute atomic E-state index is 0.338. The molecule has 1 aliphatic rings. The monoisotopic (exact) mass is 520 g/mol. The Labute approximate surface area is 210 Å². The fourth-order valence-corrected chi connectivity index (χ4v) is 4.46. The summed E-state index contributed by atoms with van der Waals surface area (Å²) in [6.45, 7) is 2.25. The molecule has 1 amide bonds. The van der Waals surface area contributed by atoms with Crippen molar-refractivity contribution in [2.45, 2.75) is 24.2 Å². The molecule has 0 N–H and O–H groups in total. The average molecular weight is 522 g/mol. The summed E-state index contributed by atoms with van der Waals surface area (Å²) in [6, 6.07) is 13.6. The SMILES string of the molecule is CCOc1nc(SC)ncc1C1=NC(c2ccc(Cl)cc2)C(c2ccc(Cl)cc2)N1C(=O)Cl. The molecule has 0 bridgehead atoms. The van der Waals surface area contributed by atoms with Gasteiger partial charge in [0.2, 0.25) is 5.88 Å². The van der Waals surface area contributed by atoms with Crippen LogP contribution in [0.4, 0.5) is 4.79 Å². The van der Waals surface area contributed by atoms with Crippen molar-refractivity contribution >= 4 is 57.8 Å². The van der Waals surface area contributed by atoms with E-state index in [4.69, 9.17) is 44.5 Å². The van der Waals surface area contributed by atoms with Crippen molar-refractivity contribution in [3.05, 3.63) is 81.5 Å². The average Bonchev–Trinajstić information content (AvgIpc) is 3.21. The van der Waals surface area contributed by atoms with E-state index in [2.05, 4.69) is 9.97 Å². The van der Waals surface area contributed by atoms with Crippen LogP contribution in [0.3, 0.4) is 0 Å². The van der Waals surface area contributed by atoms with Crippen LogP contribution in [0.25, 0.3) is 0 Å². The number of hydrogen-bond acceptors (Lipinski definition) is 6. The molecule has 10 heteroatoms. The maximum absolute atomic E-state index is 12.8. The van der Waals surface area contributed by atoms with Crippen LogP contribution in [0.5, 0.6) is 5.88 Å². The number of amidine groups is 1. The Hall–Kier alpha value is -2.32. The molecular formula is C23H19Cl3N4O2S. The first-order valence-electron chi connectivity index (χ1n) is 10.0. The zero-order valence-corrected chi connectivity index (χ0v) is 20.8. The maximum Gasteiger partial charge on any atom is 0.322 e. The normalized spacial score (nSPS) is 17.7. The molecule has 33 heavy (non-hydrogen) atoms. The molecule has 6 nitrogen and oxygen atoms in total. The highest BCUT2D eigenvalue weighted by Gasteiger charge is 2.43. The fraction of sp³-hybridized carbons (Fsp3) is 0.217. The second-order valence-electron chi connectivity index (χ2n) is 7.08. The number of benzene rings is 2. The van der Waals surface area contributed by atoms with Crippen molar-refractivity contribution in [2.24, 2.45) is 4.99 Å². The maximum atomic E-state index is 12.8. The van der Waals surface area contributed by atoms with E-state index < -0.39 is 17.5 Å². The van der Waals surface area contributed by atoms with E-state index in [0.29, 0.717) is 39.1 Å². The van der Waals surface area contributed by atoms with Crippen LogP contribution in [-0.4, -0.2) is 38.9 Å². The lowest BCUT2D eigenvalue weighted by molar-refractivity contribution is 0.231. The first kappa shape index (κ1) is 23.8. The number of thioether (sulfide) groups is 1. The summed E-state index contributed by atoms with van der Waals surface area (Å²) in [6.07, 6.45) is 3.48. The van der Waals surface area contributed by atoms with Gasteiger partial charge in [-0.3, -0.25) is 14.7 Å². The Morgan fingerprint density at radius 1 is 1.06 bits per heavy atom. The van der Waals surface area contributed by atoms with E-state index in [0.717, 1.165) is 11.1 Å². The molecule has 0 saturated heterocycles. The predicted molar refractivity (Wildman–Crippen MR) is 133 cm³/mol. The smallest absolute Gasteiger partial charge is 0.322 e. The summed E-state index contributed by atoms with van der Waals surface area (Å²) in [5.41, 5.74) is 2.18. The van der Waals surface area contributed by atoms with E-state index in [1.54, 1.807) is 30.5 Å². The first-order valence-corrected chi connectivity index (χ1v) is 12.4. The molecule has 1 aliphatic heterocycles. The topological polar surface area (TPSA) is 67.7 Å². The lowest BCUT2D eigenvalue weighted by Crippen LogP contribution is -2.34. The molecule has 0 aliphatic carbocycles. The van der Waals surface area contributed by atoms with Crippen molar-refractivity contribution in [1.29, 1.82) is 0 Å². The van der Waals surface area contributed by atoms with Gasteiger partial charge in [-0.05, 0) is 60.2 Å². The van der Waals surface area contributed by atoms with Gasteiger partial charge in [0.1, 0.15) is 11.9 Å². The largest absolute Gasteiger partial charge is 0.477 e. The summed E-state index contributed by atoms with van der Waals surface area (Å²) < 4.78 is 5.77. The summed E-state index contributed by atoms with van der Waals surface area (Å²) in [5, 5.41) is 1.06. The molecule has 2 aromatic carbocycles. The van der Waals surface area contributed by atoms with Crippen LogP contribution >= 0.6 is 46.6 Å². The number of carbonyl (C=O) groups is 1. The van der Waals surface area contributed by atoms with Crippen molar-refractivity contribution in [3.63, 3.8) is 0 Å². The van der Waals surface area contributed by atoms with Crippen molar-refractivity contribution < 1.29 is 9.53 Å². The molecule has 0 spiro atoms.